The van der Waals surface area contributed by atoms with Crippen molar-refractivity contribution >= 4 is 17.0 Å². The minimum absolute atomic E-state index is 0.0617. The highest BCUT2D eigenvalue weighted by Gasteiger charge is 2.32. The second-order valence-corrected chi connectivity index (χ2v) is 6.47. The van der Waals surface area contributed by atoms with Crippen molar-refractivity contribution in [2.24, 2.45) is 11.1 Å². The van der Waals surface area contributed by atoms with Crippen molar-refractivity contribution in [1.82, 2.24) is 0 Å². The number of benzene rings is 1. The van der Waals surface area contributed by atoms with E-state index in [1.807, 2.05) is 25.3 Å². The fourth-order valence-corrected chi connectivity index (χ4v) is 3.49. The lowest BCUT2D eigenvalue weighted by Gasteiger charge is -2.15. The lowest BCUT2D eigenvalue weighted by atomic mass is 9.98. The zero-order valence-corrected chi connectivity index (χ0v) is 13.7. The maximum absolute atomic E-state index is 13.5. The number of rotatable bonds is 5. The van der Waals surface area contributed by atoms with Crippen molar-refractivity contribution in [2.45, 2.75) is 26.6 Å². The van der Waals surface area contributed by atoms with Crippen LogP contribution in [0, 0.1) is 24.5 Å². The van der Waals surface area contributed by atoms with Gasteiger partial charge in [0.2, 0.25) is 0 Å². The molecular weight excluding hydrogens is 320 g/mol. The minimum Gasteiger partial charge on any atom is -0.389 e. The van der Waals surface area contributed by atoms with E-state index in [0.717, 1.165) is 10.6 Å². The Labute approximate surface area is 137 Å². The topological polar surface area (TPSA) is 30.8 Å². The Morgan fingerprint density at radius 2 is 2.00 bits per heavy atom. The Bertz CT molecular complexity index is 709. The zero-order valence-electron chi connectivity index (χ0n) is 12.9. The summed E-state index contributed by atoms with van der Waals surface area (Å²) in [5, 5.41) is 6.18. The van der Waals surface area contributed by atoms with Gasteiger partial charge in [0.25, 0.3) is 0 Å². The van der Waals surface area contributed by atoms with E-state index in [1.165, 1.54) is 23.8 Å². The van der Waals surface area contributed by atoms with E-state index in [4.69, 9.17) is 9.57 Å². The molecule has 1 aromatic carbocycles. The van der Waals surface area contributed by atoms with Crippen LogP contribution in [0.5, 0.6) is 0 Å². The molecule has 0 N–H and O–H groups in total. The van der Waals surface area contributed by atoms with Crippen LogP contribution in [0.3, 0.4) is 0 Å². The molecule has 2 heterocycles. The van der Waals surface area contributed by atoms with Crippen LogP contribution in [0.15, 0.2) is 34.8 Å². The number of nitrogens with zero attached hydrogens (tertiary/aromatic N) is 1. The molecule has 2 atom stereocenters. The molecule has 122 valence electrons. The molecule has 2 aromatic rings. The summed E-state index contributed by atoms with van der Waals surface area (Å²) in [5.74, 6) is -1.13. The Morgan fingerprint density at radius 1 is 1.26 bits per heavy atom. The summed E-state index contributed by atoms with van der Waals surface area (Å²) < 4.78 is 32.6. The highest BCUT2D eigenvalue weighted by Crippen LogP contribution is 2.28. The molecule has 1 aromatic heterocycles. The summed E-state index contributed by atoms with van der Waals surface area (Å²) in [6.07, 6.45) is -0.249. The first kappa shape index (κ1) is 16.1. The van der Waals surface area contributed by atoms with Crippen molar-refractivity contribution in [3.05, 3.63) is 57.3 Å². The van der Waals surface area contributed by atoms with Crippen molar-refractivity contribution in [1.29, 1.82) is 0 Å². The molecule has 1 aliphatic rings. The summed E-state index contributed by atoms with van der Waals surface area (Å²) in [4.78, 5) is 6.55. The van der Waals surface area contributed by atoms with E-state index in [2.05, 4.69) is 5.16 Å². The van der Waals surface area contributed by atoms with Crippen molar-refractivity contribution in [3.8, 4) is 0 Å². The van der Waals surface area contributed by atoms with Crippen LogP contribution in [0.2, 0.25) is 0 Å². The van der Waals surface area contributed by atoms with Crippen LogP contribution in [0.1, 0.15) is 22.9 Å². The van der Waals surface area contributed by atoms with E-state index in [0.29, 0.717) is 0 Å². The summed E-state index contributed by atoms with van der Waals surface area (Å²) in [5.41, 5.74) is 2.01. The molecule has 3 rings (SSSR count). The van der Waals surface area contributed by atoms with Gasteiger partial charge in [-0.3, -0.25) is 0 Å². The molecule has 0 saturated heterocycles. The number of oxime groups is 1. The van der Waals surface area contributed by atoms with Crippen LogP contribution in [-0.4, -0.2) is 18.4 Å². The third kappa shape index (κ3) is 3.28. The SMILES string of the molecule is Cc1ccsc1C1=NOC(COCc2c(F)cccc2F)C1C. The average Bonchev–Trinajstić information content (AvgIpc) is 3.08. The van der Waals surface area contributed by atoms with Gasteiger partial charge in [-0.1, -0.05) is 18.1 Å². The van der Waals surface area contributed by atoms with Gasteiger partial charge in [0, 0.05) is 11.5 Å². The smallest absolute Gasteiger partial charge is 0.158 e. The standard InChI is InChI=1S/C17H17F2NO2S/c1-10-6-7-23-17(10)16-11(2)15(22-20-16)9-21-8-12-13(18)4-3-5-14(12)19/h3-7,11,15H,8-9H2,1-2H3. The molecule has 0 bridgehead atoms. The number of hydrogen-bond acceptors (Lipinski definition) is 4. The second-order valence-electron chi connectivity index (χ2n) is 5.56. The first-order valence-electron chi connectivity index (χ1n) is 7.36. The summed E-state index contributed by atoms with van der Waals surface area (Å²) in [6.45, 7) is 4.15. The number of aryl methyl sites for hydroxylation is 1. The molecule has 23 heavy (non-hydrogen) atoms. The molecule has 2 unspecified atom stereocenters. The predicted octanol–water partition coefficient (Wildman–Crippen LogP) is 4.29. The molecule has 3 nitrogen and oxygen atoms in total. The lowest BCUT2D eigenvalue weighted by molar-refractivity contribution is -0.0182. The average molecular weight is 337 g/mol. The van der Waals surface area contributed by atoms with Crippen molar-refractivity contribution in [3.63, 3.8) is 0 Å². The number of thiophene rings is 1. The summed E-state index contributed by atoms with van der Waals surface area (Å²) in [7, 11) is 0. The van der Waals surface area contributed by atoms with Crippen LogP contribution in [0.4, 0.5) is 8.78 Å². The highest BCUT2D eigenvalue weighted by atomic mass is 32.1. The van der Waals surface area contributed by atoms with Gasteiger partial charge in [0.05, 0.1) is 18.1 Å². The molecular formula is C17H17F2NO2S. The van der Waals surface area contributed by atoms with Gasteiger partial charge in [-0.2, -0.15) is 0 Å². The summed E-state index contributed by atoms with van der Waals surface area (Å²) >= 11 is 1.63. The first-order chi connectivity index (χ1) is 11.1. The largest absolute Gasteiger partial charge is 0.389 e. The summed E-state index contributed by atoms with van der Waals surface area (Å²) in [6, 6.07) is 5.81. The molecule has 0 saturated carbocycles. The normalized spacial score (nSPS) is 20.4. The maximum Gasteiger partial charge on any atom is 0.158 e. The minimum atomic E-state index is -0.600. The third-order valence-electron chi connectivity index (χ3n) is 3.96. The maximum atomic E-state index is 13.5. The van der Waals surface area contributed by atoms with E-state index in [9.17, 15) is 8.78 Å². The Morgan fingerprint density at radius 3 is 2.65 bits per heavy atom. The number of ether oxygens (including phenoxy) is 1. The Hall–Kier alpha value is -1.79. The fraction of sp³-hybridized carbons (Fsp3) is 0.353. The van der Waals surface area contributed by atoms with Crippen molar-refractivity contribution in [2.75, 3.05) is 6.61 Å². The van der Waals surface area contributed by atoms with Crippen LogP contribution in [0.25, 0.3) is 0 Å². The van der Waals surface area contributed by atoms with Crippen LogP contribution < -0.4 is 0 Å². The van der Waals surface area contributed by atoms with Crippen molar-refractivity contribution < 1.29 is 18.4 Å². The van der Waals surface area contributed by atoms with Crippen LogP contribution in [-0.2, 0) is 16.2 Å². The molecule has 0 spiro atoms. The molecule has 6 heteroatoms. The van der Waals surface area contributed by atoms with Gasteiger partial charge in [-0.25, -0.2) is 8.78 Å². The molecule has 0 fully saturated rings. The predicted molar refractivity (Wildman–Crippen MR) is 85.6 cm³/mol. The Balaban J connectivity index is 1.58. The first-order valence-corrected chi connectivity index (χ1v) is 8.24. The Kier molecular flexibility index (Phi) is 4.73. The number of hydrogen-bond donors (Lipinski definition) is 0. The fourth-order valence-electron chi connectivity index (χ4n) is 2.48. The van der Waals surface area contributed by atoms with E-state index in [1.54, 1.807) is 11.3 Å². The van der Waals surface area contributed by atoms with Gasteiger partial charge in [0.15, 0.2) is 6.10 Å². The van der Waals surface area contributed by atoms with Crippen LogP contribution >= 0.6 is 11.3 Å². The van der Waals surface area contributed by atoms with Gasteiger partial charge in [0.1, 0.15) is 17.3 Å². The highest BCUT2D eigenvalue weighted by molar-refractivity contribution is 7.12. The monoisotopic (exact) mass is 337 g/mol. The van der Waals surface area contributed by atoms with E-state index in [-0.39, 0.29) is 30.8 Å². The quantitative estimate of drug-likeness (QED) is 0.815. The van der Waals surface area contributed by atoms with Gasteiger partial charge in [-0.15, -0.1) is 11.3 Å². The van der Waals surface area contributed by atoms with E-state index >= 15 is 0 Å². The molecule has 0 aliphatic carbocycles. The third-order valence-corrected chi connectivity index (χ3v) is 5.00. The molecule has 0 radical (unpaired) electrons. The van der Waals surface area contributed by atoms with Gasteiger partial charge < -0.3 is 9.57 Å². The van der Waals surface area contributed by atoms with Gasteiger partial charge in [-0.05, 0) is 36.1 Å². The molecule has 0 amide bonds. The zero-order chi connectivity index (χ0) is 16.4. The van der Waals surface area contributed by atoms with E-state index < -0.39 is 11.6 Å². The van der Waals surface area contributed by atoms with Gasteiger partial charge >= 0.3 is 0 Å². The second kappa shape index (κ2) is 6.76. The molecule has 1 aliphatic heterocycles. The lowest BCUT2D eigenvalue weighted by Crippen LogP contribution is -2.26. The number of halogens is 2.